The Morgan fingerprint density at radius 2 is 2.04 bits per heavy atom. The zero-order chi connectivity index (χ0) is 16.4. The van der Waals surface area contributed by atoms with E-state index in [0.29, 0.717) is 6.54 Å². The molecule has 0 aliphatic rings. The summed E-state index contributed by atoms with van der Waals surface area (Å²) >= 11 is 3.28. The molecule has 0 saturated carbocycles. The second-order valence-corrected chi connectivity index (χ2v) is 7.28. The van der Waals surface area contributed by atoms with Crippen molar-refractivity contribution in [2.24, 2.45) is 0 Å². The number of imidazole rings is 1. The number of para-hydroxylation sites is 1. The maximum Gasteiger partial charge on any atom is 0.150 e. The number of benzene rings is 1. The molecular formula is C18H13N3OS2. The van der Waals surface area contributed by atoms with Crippen molar-refractivity contribution in [3.63, 3.8) is 0 Å². The number of thiazole rings is 1. The molecule has 0 aliphatic heterocycles. The van der Waals surface area contributed by atoms with Crippen LogP contribution in [0, 0.1) is 11.8 Å². The van der Waals surface area contributed by atoms with Gasteiger partial charge in [0.05, 0.1) is 26.5 Å². The lowest BCUT2D eigenvalue weighted by Crippen LogP contribution is -1.99. The molecule has 1 aromatic carbocycles. The maximum atomic E-state index is 8.80. The van der Waals surface area contributed by atoms with E-state index >= 15 is 0 Å². The van der Waals surface area contributed by atoms with Gasteiger partial charge in [-0.1, -0.05) is 24.0 Å². The second-order valence-electron chi connectivity index (χ2n) is 5.08. The Labute approximate surface area is 147 Å². The molecule has 0 fully saturated rings. The van der Waals surface area contributed by atoms with Crippen molar-refractivity contribution in [3.05, 3.63) is 58.7 Å². The van der Waals surface area contributed by atoms with E-state index in [1.807, 2.05) is 36.5 Å². The van der Waals surface area contributed by atoms with Crippen molar-refractivity contribution in [2.75, 3.05) is 6.61 Å². The number of fused-ring (bicyclic) bond motifs is 1. The van der Waals surface area contributed by atoms with Crippen molar-refractivity contribution in [1.29, 1.82) is 0 Å². The summed E-state index contributed by atoms with van der Waals surface area (Å²) in [6.45, 7) is 0.573. The molecule has 118 valence electrons. The lowest BCUT2D eigenvalue weighted by molar-refractivity contribution is 0.350. The fraction of sp³-hybridized carbons (Fsp3) is 0.111. The van der Waals surface area contributed by atoms with Crippen LogP contribution in [0.15, 0.2) is 48.8 Å². The van der Waals surface area contributed by atoms with E-state index in [1.54, 1.807) is 28.9 Å². The number of thiophene rings is 1. The Kier molecular flexibility index (Phi) is 4.13. The summed E-state index contributed by atoms with van der Waals surface area (Å²) in [5, 5.41) is 9.86. The molecule has 4 rings (SSSR count). The Morgan fingerprint density at radius 3 is 2.92 bits per heavy atom. The summed E-state index contributed by atoms with van der Waals surface area (Å²) < 4.78 is 3.30. The highest BCUT2D eigenvalue weighted by Gasteiger charge is 2.11. The summed E-state index contributed by atoms with van der Waals surface area (Å²) in [5.74, 6) is 6.52. The van der Waals surface area contributed by atoms with Gasteiger partial charge in [0.1, 0.15) is 17.4 Å². The van der Waals surface area contributed by atoms with Gasteiger partial charge in [-0.25, -0.2) is 9.97 Å². The van der Waals surface area contributed by atoms with Crippen LogP contribution in [0.3, 0.4) is 0 Å². The third kappa shape index (κ3) is 2.97. The topological polar surface area (TPSA) is 50.9 Å². The van der Waals surface area contributed by atoms with Crippen LogP contribution in [0.2, 0.25) is 0 Å². The molecule has 6 heteroatoms. The number of rotatable bonds is 3. The fourth-order valence-electron chi connectivity index (χ4n) is 2.45. The summed E-state index contributed by atoms with van der Waals surface area (Å²) in [7, 11) is 0. The number of nitrogens with zero attached hydrogens (tertiary/aromatic N) is 3. The number of aromatic nitrogens is 3. The van der Waals surface area contributed by atoms with E-state index in [-0.39, 0.29) is 6.61 Å². The normalized spacial score (nSPS) is 10.7. The minimum absolute atomic E-state index is 0.126. The summed E-state index contributed by atoms with van der Waals surface area (Å²) in [4.78, 5) is 11.2. The third-order valence-corrected chi connectivity index (χ3v) is 5.49. The molecule has 0 spiro atoms. The molecule has 0 amide bonds. The first-order valence-corrected chi connectivity index (χ1v) is 9.02. The van der Waals surface area contributed by atoms with Gasteiger partial charge < -0.3 is 9.67 Å². The van der Waals surface area contributed by atoms with Crippen LogP contribution in [-0.2, 0) is 6.54 Å². The maximum absolute atomic E-state index is 8.80. The molecule has 0 radical (unpaired) electrons. The Bertz CT molecular complexity index is 1020. The first-order chi connectivity index (χ1) is 11.8. The molecule has 4 nitrogen and oxygen atoms in total. The average molecular weight is 351 g/mol. The Balaban J connectivity index is 1.63. The van der Waals surface area contributed by atoms with Crippen LogP contribution in [0.5, 0.6) is 0 Å². The molecule has 3 heterocycles. The Hall–Kier alpha value is -2.46. The van der Waals surface area contributed by atoms with E-state index in [4.69, 9.17) is 10.1 Å². The van der Waals surface area contributed by atoms with E-state index in [0.717, 1.165) is 26.1 Å². The predicted molar refractivity (Wildman–Crippen MR) is 98.2 cm³/mol. The monoisotopic (exact) mass is 351 g/mol. The van der Waals surface area contributed by atoms with Crippen LogP contribution in [0.4, 0.5) is 0 Å². The predicted octanol–water partition coefficient (Wildman–Crippen LogP) is 3.61. The van der Waals surface area contributed by atoms with Gasteiger partial charge in [-0.2, -0.15) is 0 Å². The van der Waals surface area contributed by atoms with Crippen LogP contribution in [0.1, 0.15) is 9.88 Å². The highest BCUT2D eigenvalue weighted by atomic mass is 32.1. The summed E-state index contributed by atoms with van der Waals surface area (Å²) in [6, 6.07) is 12.2. The zero-order valence-electron chi connectivity index (χ0n) is 12.6. The first kappa shape index (κ1) is 15.1. The molecular weight excluding hydrogens is 338 g/mol. The molecule has 0 bridgehead atoms. The van der Waals surface area contributed by atoms with Gasteiger partial charge in [0.25, 0.3) is 0 Å². The highest BCUT2D eigenvalue weighted by molar-refractivity contribution is 7.18. The molecule has 1 N–H and O–H groups in total. The minimum atomic E-state index is -0.126. The van der Waals surface area contributed by atoms with Crippen LogP contribution in [-0.4, -0.2) is 26.2 Å². The van der Waals surface area contributed by atoms with Gasteiger partial charge in [-0.05, 0) is 24.3 Å². The molecule has 0 atom stereocenters. The molecule has 3 aromatic heterocycles. The third-order valence-electron chi connectivity index (χ3n) is 3.48. The van der Waals surface area contributed by atoms with Crippen molar-refractivity contribution in [1.82, 2.24) is 14.5 Å². The van der Waals surface area contributed by atoms with E-state index in [2.05, 4.69) is 27.5 Å². The van der Waals surface area contributed by atoms with Crippen molar-refractivity contribution in [3.8, 4) is 22.5 Å². The van der Waals surface area contributed by atoms with Crippen LogP contribution >= 0.6 is 22.7 Å². The van der Waals surface area contributed by atoms with Gasteiger partial charge in [0.2, 0.25) is 0 Å². The average Bonchev–Trinajstić information content (AvgIpc) is 3.31. The molecule has 4 aromatic rings. The highest BCUT2D eigenvalue weighted by Crippen LogP contribution is 2.28. The van der Waals surface area contributed by atoms with Crippen molar-refractivity contribution >= 4 is 32.9 Å². The SMILES string of the molecule is OCC#Cc1ccc(-c2nccn2Cc2nc3ccccc3s2)s1. The quantitative estimate of drug-likeness (QED) is 0.574. The molecule has 0 aliphatic carbocycles. The number of aliphatic hydroxyl groups excluding tert-OH is 1. The second kappa shape index (κ2) is 6.57. The minimum Gasteiger partial charge on any atom is -0.384 e. The van der Waals surface area contributed by atoms with Gasteiger partial charge in [-0.3, -0.25) is 0 Å². The summed E-state index contributed by atoms with van der Waals surface area (Å²) in [6.07, 6.45) is 3.78. The summed E-state index contributed by atoms with van der Waals surface area (Å²) in [5.41, 5.74) is 1.04. The lowest BCUT2D eigenvalue weighted by Gasteiger charge is -2.03. The van der Waals surface area contributed by atoms with Crippen molar-refractivity contribution < 1.29 is 5.11 Å². The van der Waals surface area contributed by atoms with Gasteiger partial charge in [0, 0.05) is 12.4 Å². The van der Waals surface area contributed by atoms with E-state index < -0.39 is 0 Å². The smallest absolute Gasteiger partial charge is 0.150 e. The van der Waals surface area contributed by atoms with Crippen LogP contribution in [0.25, 0.3) is 20.9 Å². The number of hydrogen-bond donors (Lipinski definition) is 1. The molecule has 0 saturated heterocycles. The Morgan fingerprint density at radius 1 is 1.12 bits per heavy atom. The molecule has 0 unspecified atom stereocenters. The van der Waals surface area contributed by atoms with Gasteiger partial charge in [-0.15, -0.1) is 22.7 Å². The zero-order valence-corrected chi connectivity index (χ0v) is 14.3. The number of hydrogen-bond acceptors (Lipinski definition) is 5. The van der Waals surface area contributed by atoms with E-state index in [1.165, 1.54) is 4.70 Å². The van der Waals surface area contributed by atoms with Crippen LogP contribution < -0.4 is 0 Å². The largest absolute Gasteiger partial charge is 0.384 e. The van der Waals surface area contributed by atoms with Gasteiger partial charge >= 0.3 is 0 Å². The van der Waals surface area contributed by atoms with Crippen molar-refractivity contribution in [2.45, 2.75) is 6.54 Å². The molecule has 24 heavy (non-hydrogen) atoms. The first-order valence-electron chi connectivity index (χ1n) is 7.39. The standard InChI is InChI=1S/C18H13N3OS2/c22-11-3-4-13-7-8-16(23-13)18-19-9-10-21(18)12-17-20-14-5-1-2-6-15(14)24-17/h1-2,5-10,22H,11-12H2. The van der Waals surface area contributed by atoms with Gasteiger partial charge in [0.15, 0.2) is 0 Å². The fourth-order valence-corrected chi connectivity index (χ4v) is 4.31. The number of aliphatic hydroxyl groups is 1. The lowest BCUT2D eigenvalue weighted by atomic mass is 10.3. The van der Waals surface area contributed by atoms with E-state index in [9.17, 15) is 0 Å².